The fourth-order valence-electron chi connectivity index (χ4n) is 1.40. The van der Waals surface area contributed by atoms with E-state index >= 15 is 0 Å². The van der Waals surface area contributed by atoms with E-state index in [0.717, 1.165) is 12.5 Å². The van der Waals surface area contributed by atoms with Crippen molar-refractivity contribution in [3.63, 3.8) is 0 Å². The van der Waals surface area contributed by atoms with Gasteiger partial charge in [-0.15, -0.1) is 0 Å². The molecule has 3 N–H and O–H groups in total. The van der Waals surface area contributed by atoms with Crippen LogP contribution in [0.5, 0.6) is 0 Å². The molecule has 0 spiro atoms. The number of carbonyl (C=O) groups is 3. The Kier molecular flexibility index (Phi) is 5.01. The predicted octanol–water partition coefficient (Wildman–Crippen LogP) is -0.192. The van der Waals surface area contributed by atoms with Crippen molar-refractivity contribution in [3.05, 3.63) is 35.9 Å². The fraction of sp³-hybridized carbons (Fsp3) is 0.250. The molecule has 0 bridgehead atoms. The smallest absolute Gasteiger partial charge is 0.287 e. The summed E-state index contributed by atoms with van der Waals surface area (Å²) in [7, 11) is 0. The van der Waals surface area contributed by atoms with E-state index in [1.54, 1.807) is 24.3 Å². The van der Waals surface area contributed by atoms with Crippen LogP contribution in [0.4, 0.5) is 0 Å². The quantitative estimate of drug-likeness (QED) is 0.383. The Morgan fingerprint density at radius 1 is 1.22 bits per heavy atom. The summed E-state index contributed by atoms with van der Waals surface area (Å²) in [5.41, 5.74) is 2.27. The number of rotatable bonds is 5. The average Bonchev–Trinajstić information content (AvgIpc) is 2.38. The van der Waals surface area contributed by atoms with Crippen LogP contribution in [0.15, 0.2) is 30.3 Å². The second-order valence-corrected chi connectivity index (χ2v) is 3.75. The van der Waals surface area contributed by atoms with Gasteiger partial charge >= 0.3 is 0 Å². The van der Waals surface area contributed by atoms with E-state index in [2.05, 4.69) is 5.32 Å². The molecule has 0 aliphatic carbocycles. The summed E-state index contributed by atoms with van der Waals surface area (Å²) in [6.07, 6.45) is 0.187. The first kappa shape index (κ1) is 13.9. The summed E-state index contributed by atoms with van der Waals surface area (Å²) in [6, 6.07) is 7.95. The molecule has 0 saturated carbocycles. The van der Waals surface area contributed by atoms with Crippen LogP contribution in [0.25, 0.3) is 0 Å². The molecule has 0 fully saturated rings. The lowest BCUT2D eigenvalue weighted by atomic mass is 10.1. The van der Waals surface area contributed by atoms with Crippen LogP contribution >= 0.6 is 0 Å². The monoisotopic (exact) mass is 250 g/mol. The Hall–Kier alpha value is -2.21. The molecular weight excluding hydrogens is 236 g/mol. The second kappa shape index (κ2) is 6.51. The van der Waals surface area contributed by atoms with Gasteiger partial charge in [-0.2, -0.15) is 0 Å². The molecule has 1 aromatic carbocycles. The number of hydrogen-bond acceptors (Lipinski definition) is 4. The highest BCUT2D eigenvalue weighted by atomic mass is 16.5. The van der Waals surface area contributed by atoms with Crippen LogP contribution in [0, 0.1) is 0 Å². The van der Waals surface area contributed by atoms with Crippen molar-refractivity contribution in [2.75, 3.05) is 0 Å². The molecule has 0 aliphatic rings. The van der Waals surface area contributed by atoms with Gasteiger partial charge in [0.2, 0.25) is 5.78 Å². The van der Waals surface area contributed by atoms with Crippen LogP contribution < -0.4 is 10.8 Å². The normalized spacial score (nSPS) is 11.4. The molecule has 0 unspecified atom stereocenters. The van der Waals surface area contributed by atoms with Crippen LogP contribution in [0.1, 0.15) is 12.5 Å². The number of benzene rings is 1. The van der Waals surface area contributed by atoms with E-state index in [9.17, 15) is 14.4 Å². The first-order valence-electron chi connectivity index (χ1n) is 5.34. The zero-order valence-corrected chi connectivity index (χ0v) is 9.84. The summed E-state index contributed by atoms with van der Waals surface area (Å²) in [6.45, 7) is 1.10. The van der Waals surface area contributed by atoms with Crippen molar-refractivity contribution < 1.29 is 19.6 Å². The highest BCUT2D eigenvalue weighted by Crippen LogP contribution is 2.03. The Morgan fingerprint density at radius 3 is 2.33 bits per heavy atom. The maximum absolute atomic E-state index is 11.4. The number of carbonyl (C=O) groups excluding carboxylic acids is 3. The number of hydrogen-bond donors (Lipinski definition) is 3. The van der Waals surface area contributed by atoms with Crippen LogP contribution in [-0.2, 0) is 20.8 Å². The van der Waals surface area contributed by atoms with E-state index in [-0.39, 0.29) is 6.42 Å². The lowest BCUT2D eigenvalue weighted by Gasteiger charge is -2.15. The maximum atomic E-state index is 11.4. The molecular formula is C12H14N2O4. The molecule has 0 aromatic heterocycles. The maximum Gasteiger partial charge on any atom is 0.287 e. The number of Topliss-reactive ketones (excluding diaryl/α,β-unsaturated/α-hetero) is 1. The fourth-order valence-corrected chi connectivity index (χ4v) is 1.40. The first-order chi connectivity index (χ1) is 8.54. The Morgan fingerprint density at radius 2 is 1.83 bits per heavy atom. The molecule has 18 heavy (non-hydrogen) atoms. The molecule has 6 heteroatoms. The predicted molar refractivity (Wildman–Crippen MR) is 62.7 cm³/mol. The molecule has 96 valence electrons. The van der Waals surface area contributed by atoms with Gasteiger partial charge in [-0.1, -0.05) is 30.3 Å². The topological polar surface area (TPSA) is 95.5 Å². The van der Waals surface area contributed by atoms with Crippen molar-refractivity contribution in [2.24, 2.45) is 0 Å². The summed E-state index contributed by atoms with van der Waals surface area (Å²) < 4.78 is 0. The van der Waals surface area contributed by atoms with Gasteiger partial charge in [-0.3, -0.25) is 19.6 Å². The largest absolute Gasteiger partial charge is 0.337 e. The molecule has 1 rings (SSSR count). The van der Waals surface area contributed by atoms with Gasteiger partial charge in [0, 0.05) is 13.3 Å². The van der Waals surface area contributed by atoms with E-state index < -0.39 is 23.6 Å². The zero-order chi connectivity index (χ0) is 13.5. The van der Waals surface area contributed by atoms with Gasteiger partial charge in [0.15, 0.2) is 0 Å². The van der Waals surface area contributed by atoms with Crippen LogP contribution in [0.2, 0.25) is 0 Å². The molecule has 0 heterocycles. The molecule has 2 amide bonds. The lowest BCUT2D eigenvalue weighted by Crippen LogP contribution is -2.48. The van der Waals surface area contributed by atoms with Crippen LogP contribution in [0.3, 0.4) is 0 Å². The summed E-state index contributed by atoms with van der Waals surface area (Å²) in [5, 5.41) is 10.9. The van der Waals surface area contributed by atoms with Crippen LogP contribution in [-0.4, -0.2) is 28.8 Å². The average molecular weight is 250 g/mol. The minimum Gasteiger partial charge on any atom is -0.337 e. The van der Waals surface area contributed by atoms with Gasteiger partial charge in [0.05, 0.1) is 0 Å². The summed E-state index contributed by atoms with van der Waals surface area (Å²) >= 11 is 0. The first-order valence-corrected chi connectivity index (χ1v) is 5.34. The third-order valence-electron chi connectivity index (χ3n) is 2.33. The third kappa shape index (κ3) is 3.99. The second-order valence-electron chi connectivity index (χ2n) is 3.75. The number of ketones is 1. The Labute approximate surface area is 104 Å². The molecule has 1 aromatic rings. The molecule has 0 radical (unpaired) electrons. The van der Waals surface area contributed by atoms with Gasteiger partial charge in [-0.25, -0.2) is 5.48 Å². The van der Waals surface area contributed by atoms with Crippen molar-refractivity contribution in [1.82, 2.24) is 10.8 Å². The minimum atomic E-state index is -0.992. The van der Waals surface area contributed by atoms with E-state index in [4.69, 9.17) is 5.21 Å². The van der Waals surface area contributed by atoms with E-state index in [1.165, 1.54) is 5.48 Å². The van der Waals surface area contributed by atoms with E-state index in [1.807, 2.05) is 6.07 Å². The molecule has 6 nitrogen and oxygen atoms in total. The molecule has 1 atom stereocenters. The van der Waals surface area contributed by atoms with Gasteiger partial charge < -0.3 is 5.32 Å². The van der Waals surface area contributed by atoms with E-state index in [0.29, 0.717) is 0 Å². The standard InChI is InChI=1S/C12H14N2O4/c1-8(15)11(16)13-10(12(17)14-18)7-9-5-3-2-4-6-9/h2-6,10,18H,7H2,1H3,(H,13,16)(H,14,17)/t10-/m0/s1. The van der Waals surface area contributed by atoms with Crippen molar-refractivity contribution >= 4 is 17.6 Å². The van der Waals surface area contributed by atoms with Crippen molar-refractivity contribution in [3.8, 4) is 0 Å². The van der Waals surface area contributed by atoms with Gasteiger partial charge in [-0.05, 0) is 5.56 Å². The molecule has 0 saturated heterocycles. The number of nitrogens with one attached hydrogen (secondary N) is 2. The Balaban J connectivity index is 2.76. The SMILES string of the molecule is CC(=O)C(=O)N[C@@H](Cc1ccccc1)C(=O)NO. The number of hydroxylamine groups is 1. The number of amides is 2. The molecule has 0 aliphatic heterocycles. The Bertz CT molecular complexity index is 445. The highest BCUT2D eigenvalue weighted by Gasteiger charge is 2.22. The van der Waals surface area contributed by atoms with Gasteiger partial charge in [0.1, 0.15) is 6.04 Å². The van der Waals surface area contributed by atoms with Crippen molar-refractivity contribution in [2.45, 2.75) is 19.4 Å². The summed E-state index contributed by atoms with van der Waals surface area (Å²) in [5.74, 6) is -2.33. The lowest BCUT2D eigenvalue weighted by molar-refractivity contribution is -0.140. The zero-order valence-electron chi connectivity index (χ0n) is 9.84. The summed E-state index contributed by atoms with van der Waals surface area (Å²) in [4.78, 5) is 33.5. The van der Waals surface area contributed by atoms with Crippen molar-refractivity contribution in [1.29, 1.82) is 0 Å². The third-order valence-corrected chi connectivity index (χ3v) is 2.33. The van der Waals surface area contributed by atoms with Gasteiger partial charge in [0.25, 0.3) is 11.8 Å². The minimum absolute atomic E-state index is 0.187. The highest BCUT2D eigenvalue weighted by molar-refractivity contribution is 6.35.